The van der Waals surface area contributed by atoms with E-state index in [1.165, 1.54) is 18.3 Å². The van der Waals surface area contributed by atoms with Gasteiger partial charge in [0, 0.05) is 10.7 Å². The van der Waals surface area contributed by atoms with Crippen molar-refractivity contribution in [3.8, 4) is 17.8 Å². The predicted molar refractivity (Wildman–Crippen MR) is 102 cm³/mol. The van der Waals surface area contributed by atoms with E-state index in [4.69, 9.17) is 50.5 Å². The van der Waals surface area contributed by atoms with Gasteiger partial charge in [0.1, 0.15) is 0 Å². The van der Waals surface area contributed by atoms with Gasteiger partial charge in [-0.3, -0.25) is 0 Å². The van der Waals surface area contributed by atoms with Gasteiger partial charge in [0.05, 0.1) is 33.6 Å². The largest absolute Gasteiger partial charge is 0.421 e. The second-order valence-corrected chi connectivity index (χ2v) is 6.32. The standard InChI is InChI=1S/C17H10Cl3N5O/c18-10-5-12(19)15(13(20)6-10)26-17-23-8-14(22)16(25-17)24-11-3-1-9(7-21)2-4-11/h1-6,8H,22H2,(H,23,24,25). The lowest BCUT2D eigenvalue weighted by Crippen LogP contribution is -2.02. The number of nitrogens with zero attached hydrogens (tertiary/aromatic N) is 3. The van der Waals surface area contributed by atoms with E-state index in [-0.39, 0.29) is 21.8 Å². The second-order valence-electron chi connectivity index (χ2n) is 5.07. The summed E-state index contributed by atoms with van der Waals surface area (Å²) in [5.41, 5.74) is 7.46. The quantitative estimate of drug-likeness (QED) is 0.600. The molecule has 0 bridgehead atoms. The average Bonchev–Trinajstić information content (AvgIpc) is 2.61. The van der Waals surface area contributed by atoms with Crippen molar-refractivity contribution in [2.45, 2.75) is 0 Å². The Bertz CT molecular complexity index is 979. The van der Waals surface area contributed by atoms with E-state index < -0.39 is 0 Å². The van der Waals surface area contributed by atoms with Gasteiger partial charge >= 0.3 is 6.01 Å². The summed E-state index contributed by atoms with van der Waals surface area (Å²) in [6.07, 6.45) is 1.39. The molecule has 1 aromatic heterocycles. The predicted octanol–water partition coefficient (Wildman–Crippen LogP) is 5.43. The van der Waals surface area contributed by atoms with Crippen molar-refractivity contribution in [2.75, 3.05) is 11.1 Å². The molecule has 3 aromatic rings. The molecule has 0 aliphatic carbocycles. The maximum absolute atomic E-state index is 8.84. The van der Waals surface area contributed by atoms with Crippen LogP contribution in [0, 0.1) is 11.3 Å². The number of benzene rings is 2. The van der Waals surface area contributed by atoms with Gasteiger partial charge in [-0.2, -0.15) is 10.2 Å². The number of hydrogen-bond donors (Lipinski definition) is 2. The van der Waals surface area contributed by atoms with Gasteiger partial charge in [0.2, 0.25) is 0 Å². The monoisotopic (exact) mass is 405 g/mol. The molecule has 0 unspecified atom stereocenters. The molecule has 0 aliphatic rings. The smallest absolute Gasteiger partial charge is 0.324 e. The molecule has 26 heavy (non-hydrogen) atoms. The first-order chi connectivity index (χ1) is 12.5. The van der Waals surface area contributed by atoms with E-state index in [9.17, 15) is 0 Å². The molecule has 0 aliphatic heterocycles. The van der Waals surface area contributed by atoms with E-state index in [1.54, 1.807) is 24.3 Å². The van der Waals surface area contributed by atoms with E-state index in [0.717, 1.165) is 0 Å². The third kappa shape index (κ3) is 4.09. The van der Waals surface area contributed by atoms with Gasteiger partial charge in [-0.25, -0.2) is 4.98 Å². The van der Waals surface area contributed by atoms with Crippen molar-refractivity contribution in [1.29, 1.82) is 5.26 Å². The Kier molecular flexibility index (Phi) is 5.33. The number of aromatic nitrogens is 2. The van der Waals surface area contributed by atoms with Crippen LogP contribution in [-0.2, 0) is 0 Å². The number of anilines is 3. The summed E-state index contributed by atoms with van der Waals surface area (Å²) in [5.74, 6) is 0.521. The van der Waals surface area contributed by atoms with Crippen molar-refractivity contribution in [1.82, 2.24) is 9.97 Å². The number of nitrogen functional groups attached to an aromatic ring is 1. The van der Waals surface area contributed by atoms with Crippen LogP contribution in [0.3, 0.4) is 0 Å². The maximum Gasteiger partial charge on any atom is 0.324 e. The number of ether oxygens (including phenoxy) is 1. The fourth-order valence-corrected chi connectivity index (χ4v) is 2.90. The van der Waals surface area contributed by atoms with E-state index in [0.29, 0.717) is 27.8 Å². The highest BCUT2D eigenvalue weighted by atomic mass is 35.5. The van der Waals surface area contributed by atoms with Crippen molar-refractivity contribution < 1.29 is 4.74 Å². The second kappa shape index (κ2) is 7.67. The fraction of sp³-hybridized carbons (Fsp3) is 0. The summed E-state index contributed by atoms with van der Waals surface area (Å²) in [5, 5.41) is 12.7. The maximum atomic E-state index is 8.84. The molecule has 3 rings (SSSR count). The Morgan fingerprint density at radius 3 is 2.35 bits per heavy atom. The zero-order valence-corrected chi connectivity index (χ0v) is 15.3. The molecule has 0 spiro atoms. The van der Waals surface area contributed by atoms with Gasteiger partial charge < -0.3 is 15.8 Å². The molecule has 0 radical (unpaired) electrons. The molecular weight excluding hydrogens is 397 g/mol. The van der Waals surface area contributed by atoms with Crippen LogP contribution in [0.1, 0.15) is 5.56 Å². The minimum absolute atomic E-state index is 0.00136. The fourth-order valence-electron chi connectivity index (χ4n) is 2.01. The van der Waals surface area contributed by atoms with Crippen LogP contribution < -0.4 is 15.8 Å². The zero-order chi connectivity index (χ0) is 18.7. The van der Waals surface area contributed by atoms with E-state index in [1.807, 2.05) is 6.07 Å². The molecule has 0 fully saturated rings. The van der Waals surface area contributed by atoms with E-state index in [2.05, 4.69) is 15.3 Å². The Hall–Kier alpha value is -2.72. The number of nitrogens with one attached hydrogen (secondary N) is 1. The van der Waals surface area contributed by atoms with Crippen molar-refractivity contribution >= 4 is 52.0 Å². The summed E-state index contributed by atoms with van der Waals surface area (Å²) in [6.45, 7) is 0. The van der Waals surface area contributed by atoms with Crippen LogP contribution in [-0.4, -0.2) is 9.97 Å². The van der Waals surface area contributed by atoms with Gasteiger partial charge in [0.25, 0.3) is 0 Å². The Labute approximate surface area is 164 Å². The highest BCUT2D eigenvalue weighted by molar-refractivity contribution is 6.40. The molecule has 9 heteroatoms. The highest BCUT2D eigenvalue weighted by Gasteiger charge is 2.13. The van der Waals surface area contributed by atoms with Crippen LogP contribution in [0.15, 0.2) is 42.6 Å². The summed E-state index contributed by atoms with van der Waals surface area (Å²) >= 11 is 18.1. The van der Waals surface area contributed by atoms with Crippen molar-refractivity contribution in [3.05, 3.63) is 63.2 Å². The Balaban J connectivity index is 1.87. The first kappa shape index (κ1) is 18.1. The van der Waals surface area contributed by atoms with Crippen LogP contribution in [0.4, 0.5) is 17.2 Å². The molecule has 1 heterocycles. The van der Waals surface area contributed by atoms with Crippen LogP contribution in [0.2, 0.25) is 15.1 Å². The third-order valence-electron chi connectivity index (χ3n) is 3.23. The SMILES string of the molecule is N#Cc1ccc(Nc2nc(Oc3c(Cl)cc(Cl)cc3Cl)ncc2N)cc1. The summed E-state index contributed by atoms with van der Waals surface area (Å²) in [7, 11) is 0. The lowest BCUT2D eigenvalue weighted by molar-refractivity contribution is 0.443. The van der Waals surface area contributed by atoms with Gasteiger partial charge in [-0.05, 0) is 36.4 Å². The van der Waals surface area contributed by atoms with Crippen molar-refractivity contribution in [3.63, 3.8) is 0 Å². The number of rotatable bonds is 4. The lowest BCUT2D eigenvalue weighted by atomic mass is 10.2. The molecule has 0 saturated heterocycles. The summed E-state index contributed by atoms with van der Waals surface area (Å²) < 4.78 is 5.58. The first-order valence-electron chi connectivity index (χ1n) is 7.18. The minimum Gasteiger partial charge on any atom is -0.421 e. The topological polar surface area (TPSA) is 96.8 Å². The first-order valence-corrected chi connectivity index (χ1v) is 8.32. The van der Waals surface area contributed by atoms with Gasteiger partial charge in [0.15, 0.2) is 11.6 Å². The molecule has 0 saturated carbocycles. The summed E-state index contributed by atoms with van der Waals surface area (Å²) in [6, 6.07) is 11.8. The zero-order valence-electron chi connectivity index (χ0n) is 13.0. The number of nitriles is 1. The van der Waals surface area contributed by atoms with Crippen molar-refractivity contribution in [2.24, 2.45) is 0 Å². The highest BCUT2D eigenvalue weighted by Crippen LogP contribution is 2.38. The summed E-state index contributed by atoms with van der Waals surface area (Å²) in [4.78, 5) is 8.24. The lowest BCUT2D eigenvalue weighted by Gasteiger charge is -2.12. The number of halogens is 3. The molecule has 130 valence electrons. The van der Waals surface area contributed by atoms with Crippen LogP contribution in [0.25, 0.3) is 0 Å². The van der Waals surface area contributed by atoms with Gasteiger partial charge in [-0.15, -0.1) is 0 Å². The number of hydrogen-bond acceptors (Lipinski definition) is 6. The molecule has 2 aromatic carbocycles. The van der Waals surface area contributed by atoms with Crippen LogP contribution in [0.5, 0.6) is 11.8 Å². The Morgan fingerprint density at radius 1 is 1.08 bits per heavy atom. The molecular formula is C17H10Cl3N5O. The Morgan fingerprint density at radius 2 is 1.73 bits per heavy atom. The number of nitrogens with two attached hydrogens (primary N) is 1. The normalized spacial score (nSPS) is 10.2. The van der Waals surface area contributed by atoms with Crippen LogP contribution >= 0.6 is 34.8 Å². The third-order valence-corrected chi connectivity index (χ3v) is 4.01. The molecule has 0 amide bonds. The van der Waals surface area contributed by atoms with E-state index >= 15 is 0 Å². The molecule has 0 atom stereocenters. The molecule has 3 N–H and O–H groups in total. The average molecular weight is 407 g/mol. The van der Waals surface area contributed by atoms with Gasteiger partial charge in [-0.1, -0.05) is 34.8 Å². The minimum atomic E-state index is 0.00136. The molecule has 6 nitrogen and oxygen atoms in total.